The van der Waals surface area contributed by atoms with Crippen molar-refractivity contribution in [3.05, 3.63) is 23.8 Å². The van der Waals surface area contributed by atoms with Crippen molar-refractivity contribution < 1.29 is 14.6 Å². The molecular weight excluding hydrogens is 192 g/mol. The molecule has 0 amide bonds. The molecule has 82 valence electrons. The molecule has 0 heterocycles. The molecule has 0 bridgehead atoms. The van der Waals surface area contributed by atoms with E-state index in [1.54, 1.807) is 6.07 Å². The standard InChI is InChI=1S/C12H16O3/c1-15-12-9-10(6-7-11(12)14)5-3-2-4-8-13/h6-9,14H,2-5H2,1H3. The molecule has 0 unspecified atom stereocenters. The van der Waals surface area contributed by atoms with E-state index in [1.165, 1.54) is 7.11 Å². The summed E-state index contributed by atoms with van der Waals surface area (Å²) in [5, 5.41) is 9.37. The van der Waals surface area contributed by atoms with Gasteiger partial charge in [-0.2, -0.15) is 0 Å². The molecule has 0 aromatic heterocycles. The van der Waals surface area contributed by atoms with Crippen molar-refractivity contribution in [1.82, 2.24) is 0 Å². The Hall–Kier alpha value is -1.51. The number of carbonyl (C=O) groups is 1. The number of aromatic hydroxyl groups is 1. The highest BCUT2D eigenvalue weighted by molar-refractivity contribution is 5.49. The summed E-state index contributed by atoms with van der Waals surface area (Å²) in [4.78, 5) is 10.1. The van der Waals surface area contributed by atoms with E-state index in [1.807, 2.05) is 12.1 Å². The minimum atomic E-state index is 0.161. The molecule has 1 aromatic rings. The molecule has 1 N–H and O–H groups in total. The number of aldehydes is 1. The molecule has 0 aliphatic heterocycles. The highest BCUT2D eigenvalue weighted by Gasteiger charge is 2.02. The van der Waals surface area contributed by atoms with Gasteiger partial charge in [-0.1, -0.05) is 6.07 Å². The molecular formula is C12H16O3. The largest absolute Gasteiger partial charge is 0.504 e. The fraction of sp³-hybridized carbons (Fsp3) is 0.417. The van der Waals surface area contributed by atoms with Crippen molar-refractivity contribution in [2.75, 3.05) is 7.11 Å². The highest BCUT2D eigenvalue weighted by atomic mass is 16.5. The number of carbonyl (C=O) groups excluding carboxylic acids is 1. The lowest BCUT2D eigenvalue weighted by Crippen LogP contribution is -1.89. The number of ether oxygens (including phenoxy) is 1. The first-order valence-corrected chi connectivity index (χ1v) is 5.07. The van der Waals surface area contributed by atoms with E-state index in [4.69, 9.17) is 4.74 Å². The maximum absolute atomic E-state index is 10.1. The Morgan fingerprint density at radius 3 is 2.87 bits per heavy atom. The van der Waals surface area contributed by atoms with Crippen LogP contribution in [0.3, 0.4) is 0 Å². The summed E-state index contributed by atoms with van der Waals surface area (Å²) in [6.45, 7) is 0. The van der Waals surface area contributed by atoms with Gasteiger partial charge >= 0.3 is 0 Å². The van der Waals surface area contributed by atoms with Crippen molar-refractivity contribution in [3.8, 4) is 11.5 Å². The third kappa shape index (κ3) is 3.62. The highest BCUT2D eigenvalue weighted by Crippen LogP contribution is 2.26. The van der Waals surface area contributed by atoms with Crippen molar-refractivity contribution >= 4 is 6.29 Å². The van der Waals surface area contributed by atoms with Crippen LogP contribution in [0.15, 0.2) is 18.2 Å². The summed E-state index contributed by atoms with van der Waals surface area (Å²) in [7, 11) is 1.53. The smallest absolute Gasteiger partial charge is 0.160 e. The molecule has 1 rings (SSSR count). The zero-order valence-electron chi connectivity index (χ0n) is 8.90. The molecule has 0 atom stereocenters. The number of benzene rings is 1. The number of methoxy groups -OCH3 is 1. The van der Waals surface area contributed by atoms with E-state index in [0.717, 1.165) is 31.1 Å². The second kappa shape index (κ2) is 6.06. The van der Waals surface area contributed by atoms with Gasteiger partial charge in [0.1, 0.15) is 6.29 Å². The van der Waals surface area contributed by atoms with Gasteiger partial charge in [0.05, 0.1) is 7.11 Å². The molecule has 0 spiro atoms. The molecule has 3 nitrogen and oxygen atoms in total. The van der Waals surface area contributed by atoms with Gasteiger partial charge in [-0.15, -0.1) is 0 Å². The zero-order chi connectivity index (χ0) is 11.1. The van der Waals surface area contributed by atoms with Gasteiger partial charge in [0, 0.05) is 6.42 Å². The fourth-order valence-corrected chi connectivity index (χ4v) is 1.43. The SMILES string of the molecule is COc1cc(CCCCC=O)ccc1O. The lowest BCUT2D eigenvalue weighted by molar-refractivity contribution is -0.107. The van der Waals surface area contributed by atoms with Crippen molar-refractivity contribution in [2.24, 2.45) is 0 Å². The van der Waals surface area contributed by atoms with Gasteiger partial charge in [-0.05, 0) is 37.0 Å². The van der Waals surface area contributed by atoms with Crippen LogP contribution in [-0.2, 0) is 11.2 Å². The van der Waals surface area contributed by atoms with E-state index in [-0.39, 0.29) is 5.75 Å². The van der Waals surface area contributed by atoms with Crippen LogP contribution in [-0.4, -0.2) is 18.5 Å². The Kier molecular flexibility index (Phi) is 4.68. The number of phenols is 1. The lowest BCUT2D eigenvalue weighted by Gasteiger charge is -2.06. The quantitative estimate of drug-likeness (QED) is 0.576. The van der Waals surface area contributed by atoms with Crippen molar-refractivity contribution in [3.63, 3.8) is 0 Å². The molecule has 0 saturated heterocycles. The predicted molar refractivity (Wildman–Crippen MR) is 58.3 cm³/mol. The molecule has 0 saturated carbocycles. The molecule has 15 heavy (non-hydrogen) atoms. The normalized spacial score (nSPS) is 9.93. The van der Waals surface area contributed by atoms with Crippen molar-refractivity contribution in [2.45, 2.75) is 25.7 Å². The molecule has 1 aromatic carbocycles. The second-order valence-electron chi connectivity index (χ2n) is 3.42. The minimum absolute atomic E-state index is 0.161. The van der Waals surface area contributed by atoms with E-state index >= 15 is 0 Å². The van der Waals surface area contributed by atoms with Crippen molar-refractivity contribution in [1.29, 1.82) is 0 Å². The maximum Gasteiger partial charge on any atom is 0.160 e. The maximum atomic E-state index is 10.1. The summed E-state index contributed by atoms with van der Waals surface area (Å²) in [6, 6.07) is 5.34. The van der Waals surface area contributed by atoms with Crippen LogP contribution in [0.4, 0.5) is 0 Å². The van der Waals surface area contributed by atoms with Gasteiger partial charge in [-0.25, -0.2) is 0 Å². The number of hydrogen-bond acceptors (Lipinski definition) is 3. The van der Waals surface area contributed by atoms with Crippen LogP contribution in [0.2, 0.25) is 0 Å². The number of hydrogen-bond donors (Lipinski definition) is 1. The average Bonchev–Trinajstić information content (AvgIpc) is 2.26. The summed E-state index contributed by atoms with van der Waals surface area (Å²) < 4.78 is 5.01. The summed E-state index contributed by atoms with van der Waals surface area (Å²) in [6.07, 6.45) is 4.36. The van der Waals surface area contributed by atoms with Gasteiger partial charge < -0.3 is 14.6 Å². The average molecular weight is 208 g/mol. The molecule has 0 aliphatic carbocycles. The van der Waals surface area contributed by atoms with E-state index in [2.05, 4.69) is 0 Å². The third-order valence-corrected chi connectivity index (χ3v) is 2.28. The predicted octanol–water partition coefficient (Wildman–Crippen LogP) is 2.31. The summed E-state index contributed by atoms with van der Waals surface area (Å²) >= 11 is 0. The number of unbranched alkanes of at least 4 members (excludes halogenated alkanes) is 2. The van der Waals surface area contributed by atoms with E-state index in [9.17, 15) is 9.90 Å². The molecule has 0 radical (unpaired) electrons. The Balaban J connectivity index is 2.50. The Morgan fingerprint density at radius 2 is 2.20 bits per heavy atom. The third-order valence-electron chi connectivity index (χ3n) is 2.28. The van der Waals surface area contributed by atoms with E-state index < -0.39 is 0 Å². The second-order valence-corrected chi connectivity index (χ2v) is 3.42. The van der Waals surface area contributed by atoms with Crippen LogP contribution in [0.1, 0.15) is 24.8 Å². The van der Waals surface area contributed by atoms with Crippen LogP contribution in [0.25, 0.3) is 0 Å². The van der Waals surface area contributed by atoms with E-state index in [0.29, 0.717) is 12.2 Å². The van der Waals surface area contributed by atoms with Gasteiger partial charge in [0.25, 0.3) is 0 Å². The van der Waals surface area contributed by atoms with Crippen LogP contribution in [0, 0.1) is 0 Å². The summed E-state index contributed by atoms with van der Waals surface area (Å²) in [5.41, 5.74) is 1.12. The first-order valence-electron chi connectivity index (χ1n) is 5.07. The van der Waals surface area contributed by atoms with Crippen LogP contribution in [0.5, 0.6) is 11.5 Å². The monoisotopic (exact) mass is 208 g/mol. The lowest BCUT2D eigenvalue weighted by atomic mass is 10.1. The Labute approximate surface area is 89.7 Å². The number of aryl methyl sites for hydroxylation is 1. The minimum Gasteiger partial charge on any atom is -0.504 e. The van der Waals surface area contributed by atoms with Gasteiger partial charge in [0.15, 0.2) is 11.5 Å². The first kappa shape index (κ1) is 11.6. The number of rotatable bonds is 6. The topological polar surface area (TPSA) is 46.5 Å². The first-order chi connectivity index (χ1) is 7.27. The Bertz CT molecular complexity index is 321. The molecule has 0 fully saturated rings. The zero-order valence-corrected chi connectivity index (χ0v) is 8.90. The van der Waals surface area contributed by atoms with Gasteiger partial charge in [-0.3, -0.25) is 0 Å². The Morgan fingerprint density at radius 1 is 1.40 bits per heavy atom. The molecule has 3 heteroatoms. The molecule has 0 aliphatic rings. The summed E-state index contributed by atoms with van der Waals surface area (Å²) in [5.74, 6) is 0.664. The fourth-order valence-electron chi connectivity index (χ4n) is 1.43. The van der Waals surface area contributed by atoms with Gasteiger partial charge in [0.2, 0.25) is 0 Å². The van der Waals surface area contributed by atoms with Crippen LogP contribution < -0.4 is 4.74 Å². The number of phenolic OH excluding ortho intramolecular Hbond substituents is 1. The van der Waals surface area contributed by atoms with Crippen LogP contribution >= 0.6 is 0 Å².